The summed E-state index contributed by atoms with van der Waals surface area (Å²) in [5.74, 6) is 0.105. The maximum absolute atomic E-state index is 12.4. The minimum atomic E-state index is -0.219. The molecule has 0 radical (unpaired) electrons. The molecule has 5 nitrogen and oxygen atoms in total. The van der Waals surface area contributed by atoms with Gasteiger partial charge in [-0.2, -0.15) is 0 Å². The fourth-order valence-corrected chi connectivity index (χ4v) is 3.28. The molecule has 2 rings (SSSR count). The first kappa shape index (κ1) is 18.5. The highest BCUT2D eigenvalue weighted by atomic mass is 16.5. The van der Waals surface area contributed by atoms with Crippen LogP contribution in [0.4, 0.5) is 5.69 Å². The van der Waals surface area contributed by atoms with Crippen molar-refractivity contribution in [2.75, 3.05) is 25.0 Å². The zero-order valence-corrected chi connectivity index (χ0v) is 14.8. The molecule has 0 aromatic heterocycles. The Labute approximate surface area is 144 Å². The summed E-state index contributed by atoms with van der Waals surface area (Å²) < 4.78 is 5.21. The lowest BCUT2D eigenvalue weighted by Crippen LogP contribution is -2.50. The number of esters is 1. The van der Waals surface area contributed by atoms with Crippen LogP contribution in [0, 0.1) is 11.8 Å². The first-order chi connectivity index (χ1) is 11.5. The van der Waals surface area contributed by atoms with Gasteiger partial charge in [0.1, 0.15) is 6.04 Å². The topological polar surface area (TPSA) is 58.6 Å². The molecule has 1 aliphatic heterocycles. The maximum atomic E-state index is 12.4. The molecule has 0 unspecified atom stereocenters. The zero-order valence-electron chi connectivity index (χ0n) is 14.8. The smallest absolute Gasteiger partial charge is 0.323 e. The van der Waals surface area contributed by atoms with E-state index in [-0.39, 0.29) is 29.8 Å². The molecule has 1 saturated heterocycles. The Hall–Kier alpha value is -1.88. The Balaban J connectivity index is 1.89. The highest BCUT2D eigenvalue weighted by Gasteiger charge is 2.34. The number of hydrogen-bond acceptors (Lipinski definition) is 4. The summed E-state index contributed by atoms with van der Waals surface area (Å²) >= 11 is 0. The molecule has 1 N–H and O–H groups in total. The van der Waals surface area contributed by atoms with Gasteiger partial charge in [0.15, 0.2) is 0 Å². The number of amides is 1. The number of hydrogen-bond donors (Lipinski definition) is 1. The summed E-state index contributed by atoms with van der Waals surface area (Å²) in [4.78, 5) is 26.8. The number of carbonyl (C=O) groups is 2. The fraction of sp³-hybridized carbons (Fsp3) is 0.579. The van der Waals surface area contributed by atoms with Crippen molar-refractivity contribution >= 4 is 17.6 Å². The van der Waals surface area contributed by atoms with Crippen molar-refractivity contribution in [2.45, 2.75) is 39.7 Å². The van der Waals surface area contributed by atoms with Crippen LogP contribution in [0.15, 0.2) is 30.3 Å². The lowest BCUT2D eigenvalue weighted by Gasteiger charge is -2.37. The van der Waals surface area contributed by atoms with E-state index >= 15 is 0 Å². The second-order valence-corrected chi connectivity index (χ2v) is 6.61. The van der Waals surface area contributed by atoms with Crippen LogP contribution >= 0.6 is 0 Å². The van der Waals surface area contributed by atoms with Gasteiger partial charge >= 0.3 is 5.97 Å². The molecule has 1 aliphatic rings. The van der Waals surface area contributed by atoms with Crippen LogP contribution in [-0.4, -0.2) is 42.5 Å². The van der Waals surface area contributed by atoms with Gasteiger partial charge in [-0.25, -0.2) is 0 Å². The number of ether oxygens (including phenoxy) is 1. The molecule has 0 spiro atoms. The number of likely N-dealkylation sites (tertiary alicyclic amines) is 1. The van der Waals surface area contributed by atoms with Gasteiger partial charge in [0.25, 0.3) is 0 Å². The molecular formula is C19H28N2O3. The number of anilines is 1. The Morgan fingerprint density at radius 3 is 2.38 bits per heavy atom. The van der Waals surface area contributed by atoms with Crippen molar-refractivity contribution < 1.29 is 14.3 Å². The van der Waals surface area contributed by atoms with Crippen LogP contribution in [0.2, 0.25) is 0 Å². The summed E-state index contributed by atoms with van der Waals surface area (Å²) in [5, 5.41) is 2.97. The van der Waals surface area contributed by atoms with Crippen molar-refractivity contribution in [2.24, 2.45) is 11.8 Å². The normalized spacial score (nSPS) is 17.5. The van der Waals surface area contributed by atoms with Crippen molar-refractivity contribution in [3.05, 3.63) is 30.3 Å². The molecule has 1 amide bonds. The molecule has 1 aromatic rings. The van der Waals surface area contributed by atoms with Gasteiger partial charge in [-0.3, -0.25) is 14.5 Å². The molecule has 5 heteroatoms. The van der Waals surface area contributed by atoms with E-state index in [0.717, 1.165) is 31.6 Å². The first-order valence-corrected chi connectivity index (χ1v) is 8.79. The highest BCUT2D eigenvalue weighted by Crippen LogP contribution is 2.24. The molecule has 1 atom stereocenters. The van der Waals surface area contributed by atoms with Crippen molar-refractivity contribution in [3.63, 3.8) is 0 Å². The third kappa shape index (κ3) is 4.81. The molecule has 0 aliphatic carbocycles. The number of piperidine rings is 1. The highest BCUT2D eigenvalue weighted by molar-refractivity contribution is 5.92. The standard InChI is InChI=1S/C19H28N2O3/c1-4-24-19(23)17(14(2)3)21-12-10-15(11-13-21)18(22)20-16-8-6-5-7-9-16/h5-9,14-15,17H,4,10-13H2,1-3H3,(H,20,22)/t17-/m0/s1. The molecule has 24 heavy (non-hydrogen) atoms. The van der Waals surface area contributed by atoms with E-state index in [4.69, 9.17) is 4.74 Å². The van der Waals surface area contributed by atoms with E-state index < -0.39 is 0 Å². The van der Waals surface area contributed by atoms with Crippen LogP contribution < -0.4 is 5.32 Å². The first-order valence-electron chi connectivity index (χ1n) is 8.79. The third-order valence-electron chi connectivity index (χ3n) is 4.49. The van der Waals surface area contributed by atoms with Gasteiger partial charge in [0, 0.05) is 11.6 Å². The van der Waals surface area contributed by atoms with Crippen LogP contribution in [0.1, 0.15) is 33.6 Å². The second-order valence-electron chi connectivity index (χ2n) is 6.61. The summed E-state index contributed by atoms with van der Waals surface area (Å²) in [6.07, 6.45) is 1.53. The van der Waals surface area contributed by atoms with Gasteiger partial charge in [0.05, 0.1) is 6.61 Å². The Bertz CT molecular complexity index is 537. The summed E-state index contributed by atoms with van der Waals surface area (Å²) in [7, 11) is 0. The number of nitrogens with zero attached hydrogens (tertiary/aromatic N) is 1. The zero-order chi connectivity index (χ0) is 17.5. The van der Waals surface area contributed by atoms with Crippen molar-refractivity contribution in [3.8, 4) is 0 Å². The van der Waals surface area contributed by atoms with Gasteiger partial charge in [-0.15, -0.1) is 0 Å². The number of nitrogens with one attached hydrogen (secondary N) is 1. The predicted octanol–water partition coefficient (Wildman–Crippen LogP) is 2.92. The van der Waals surface area contributed by atoms with Gasteiger partial charge in [-0.1, -0.05) is 32.0 Å². The predicted molar refractivity (Wildman–Crippen MR) is 94.6 cm³/mol. The SMILES string of the molecule is CCOC(=O)[C@H](C(C)C)N1CCC(C(=O)Nc2ccccc2)CC1. The van der Waals surface area contributed by atoms with E-state index in [1.54, 1.807) is 0 Å². The van der Waals surface area contributed by atoms with Crippen LogP contribution in [-0.2, 0) is 14.3 Å². The van der Waals surface area contributed by atoms with Crippen molar-refractivity contribution in [1.29, 1.82) is 0 Å². The minimum absolute atomic E-state index is 0.00327. The number of para-hydroxylation sites is 1. The van der Waals surface area contributed by atoms with Gasteiger partial charge < -0.3 is 10.1 Å². The minimum Gasteiger partial charge on any atom is -0.465 e. The summed E-state index contributed by atoms with van der Waals surface area (Å²) in [6, 6.07) is 9.30. The Kier molecular flexibility index (Phi) is 6.79. The molecule has 0 saturated carbocycles. The van der Waals surface area contributed by atoms with Crippen LogP contribution in [0.3, 0.4) is 0 Å². The van der Waals surface area contributed by atoms with Gasteiger partial charge in [0.2, 0.25) is 5.91 Å². The lowest BCUT2D eigenvalue weighted by atomic mass is 9.92. The lowest BCUT2D eigenvalue weighted by molar-refractivity contribution is -0.152. The number of benzene rings is 1. The molecule has 1 heterocycles. The molecular weight excluding hydrogens is 304 g/mol. The Morgan fingerprint density at radius 2 is 1.83 bits per heavy atom. The third-order valence-corrected chi connectivity index (χ3v) is 4.49. The van der Waals surface area contributed by atoms with E-state index in [9.17, 15) is 9.59 Å². The molecule has 1 aromatic carbocycles. The number of carbonyl (C=O) groups excluding carboxylic acids is 2. The fourth-order valence-electron chi connectivity index (χ4n) is 3.28. The Morgan fingerprint density at radius 1 is 1.21 bits per heavy atom. The summed E-state index contributed by atoms with van der Waals surface area (Å²) in [6.45, 7) is 7.79. The van der Waals surface area contributed by atoms with Crippen molar-refractivity contribution in [1.82, 2.24) is 4.90 Å². The molecule has 1 fully saturated rings. The van der Waals surface area contributed by atoms with E-state index in [0.29, 0.717) is 6.61 Å². The van der Waals surface area contributed by atoms with Crippen LogP contribution in [0.25, 0.3) is 0 Å². The van der Waals surface area contributed by atoms with Crippen LogP contribution in [0.5, 0.6) is 0 Å². The number of rotatable bonds is 6. The molecule has 0 bridgehead atoms. The quantitative estimate of drug-likeness (QED) is 0.814. The monoisotopic (exact) mass is 332 g/mol. The molecule has 132 valence electrons. The van der Waals surface area contributed by atoms with E-state index in [1.165, 1.54) is 0 Å². The maximum Gasteiger partial charge on any atom is 0.323 e. The van der Waals surface area contributed by atoms with E-state index in [1.807, 2.05) is 51.1 Å². The van der Waals surface area contributed by atoms with E-state index in [2.05, 4.69) is 10.2 Å². The summed E-state index contributed by atoms with van der Waals surface area (Å²) in [5.41, 5.74) is 0.830. The largest absolute Gasteiger partial charge is 0.465 e. The average molecular weight is 332 g/mol. The second kappa shape index (κ2) is 8.83. The average Bonchev–Trinajstić information content (AvgIpc) is 2.56. The van der Waals surface area contributed by atoms with Gasteiger partial charge in [-0.05, 0) is 50.9 Å².